The molecule has 19 heavy (non-hydrogen) atoms. The predicted octanol–water partition coefficient (Wildman–Crippen LogP) is 3.20. The van der Waals surface area contributed by atoms with Gasteiger partial charge in [-0.05, 0) is 35.8 Å². The molecule has 0 aromatic heterocycles. The number of hydrogen-bond acceptors (Lipinski definition) is 2. The number of benzene rings is 1. The summed E-state index contributed by atoms with van der Waals surface area (Å²) in [6.07, 6.45) is 5.43. The Labute approximate surface area is 116 Å². The number of nitrogens with one attached hydrogen (secondary N) is 1. The lowest BCUT2D eigenvalue weighted by atomic mass is 9.83. The van der Waals surface area contributed by atoms with Gasteiger partial charge in [-0.3, -0.25) is 0 Å². The fourth-order valence-electron chi connectivity index (χ4n) is 3.83. The maximum atomic E-state index is 10.2. The summed E-state index contributed by atoms with van der Waals surface area (Å²) in [5.41, 5.74) is 3.14. The molecule has 2 N–H and O–H groups in total. The summed E-state index contributed by atoms with van der Waals surface area (Å²) in [5.74, 6) is 0. The summed E-state index contributed by atoms with van der Waals surface area (Å²) >= 11 is 0. The number of hydrogen-bond donors (Lipinski definition) is 2. The van der Waals surface area contributed by atoms with Crippen LogP contribution >= 0.6 is 0 Å². The first kappa shape index (κ1) is 13.1. The van der Waals surface area contributed by atoms with Gasteiger partial charge in [0.2, 0.25) is 0 Å². The van der Waals surface area contributed by atoms with Crippen molar-refractivity contribution in [3.05, 3.63) is 35.4 Å². The number of fused-ring (bicyclic) bond motifs is 1. The van der Waals surface area contributed by atoms with Crippen LogP contribution in [0, 0.1) is 5.41 Å². The molecule has 2 nitrogen and oxygen atoms in total. The molecule has 1 aromatic rings. The van der Waals surface area contributed by atoms with E-state index >= 15 is 0 Å². The molecule has 0 bridgehead atoms. The predicted molar refractivity (Wildman–Crippen MR) is 78.1 cm³/mol. The van der Waals surface area contributed by atoms with Gasteiger partial charge in [0.05, 0.1) is 6.10 Å². The summed E-state index contributed by atoms with van der Waals surface area (Å²) in [6.45, 7) is 4.67. The van der Waals surface area contributed by atoms with E-state index < -0.39 is 0 Å². The van der Waals surface area contributed by atoms with E-state index in [0.717, 1.165) is 19.3 Å². The van der Waals surface area contributed by atoms with Crippen molar-refractivity contribution in [2.24, 2.45) is 5.41 Å². The van der Waals surface area contributed by atoms with Crippen LogP contribution in [0.5, 0.6) is 0 Å². The average Bonchev–Trinajstić information content (AvgIpc) is 2.63. The van der Waals surface area contributed by atoms with Gasteiger partial charge in [0.15, 0.2) is 0 Å². The number of aliphatic hydroxyl groups excluding tert-OH is 1. The molecular weight excluding hydrogens is 234 g/mol. The third-order valence-electron chi connectivity index (χ3n) is 4.90. The van der Waals surface area contributed by atoms with Gasteiger partial charge in [-0.1, -0.05) is 51.0 Å². The van der Waals surface area contributed by atoms with Crippen molar-refractivity contribution >= 4 is 0 Å². The molecule has 0 spiro atoms. The van der Waals surface area contributed by atoms with Crippen LogP contribution in [-0.2, 0) is 6.42 Å². The molecular formula is C17H25NO. The fourth-order valence-corrected chi connectivity index (χ4v) is 3.83. The van der Waals surface area contributed by atoms with E-state index in [9.17, 15) is 5.11 Å². The van der Waals surface area contributed by atoms with E-state index in [-0.39, 0.29) is 17.6 Å². The molecule has 0 aliphatic heterocycles. The van der Waals surface area contributed by atoms with Crippen LogP contribution in [0.25, 0.3) is 0 Å². The van der Waals surface area contributed by atoms with Crippen LogP contribution in [0.1, 0.15) is 56.7 Å². The van der Waals surface area contributed by atoms with Gasteiger partial charge in [-0.25, -0.2) is 0 Å². The van der Waals surface area contributed by atoms with Gasteiger partial charge in [-0.2, -0.15) is 0 Å². The first-order valence-corrected chi connectivity index (χ1v) is 7.60. The summed E-state index contributed by atoms with van der Waals surface area (Å²) in [5, 5.41) is 13.9. The Morgan fingerprint density at radius 1 is 1.16 bits per heavy atom. The quantitative estimate of drug-likeness (QED) is 0.855. The van der Waals surface area contributed by atoms with Crippen LogP contribution in [0.3, 0.4) is 0 Å². The Kier molecular flexibility index (Phi) is 3.40. The second-order valence-electron chi connectivity index (χ2n) is 6.92. The highest BCUT2D eigenvalue weighted by molar-refractivity contribution is 5.37. The largest absolute Gasteiger partial charge is 0.392 e. The molecule has 2 aliphatic rings. The van der Waals surface area contributed by atoms with Gasteiger partial charge in [0.1, 0.15) is 0 Å². The average molecular weight is 259 g/mol. The Morgan fingerprint density at radius 3 is 2.68 bits per heavy atom. The van der Waals surface area contributed by atoms with E-state index in [1.165, 1.54) is 24.0 Å². The lowest BCUT2D eigenvalue weighted by Crippen LogP contribution is -2.46. The van der Waals surface area contributed by atoms with Crippen molar-refractivity contribution in [3.8, 4) is 0 Å². The second kappa shape index (κ2) is 4.92. The normalized spacial score (nSPS) is 33.1. The zero-order valence-corrected chi connectivity index (χ0v) is 12.0. The molecule has 1 aromatic carbocycles. The fraction of sp³-hybridized carbons (Fsp3) is 0.647. The molecule has 0 radical (unpaired) electrons. The van der Waals surface area contributed by atoms with Gasteiger partial charge in [-0.15, -0.1) is 0 Å². The minimum Gasteiger partial charge on any atom is -0.392 e. The lowest BCUT2D eigenvalue weighted by molar-refractivity contribution is 0.0740. The zero-order chi connectivity index (χ0) is 13.5. The highest BCUT2D eigenvalue weighted by atomic mass is 16.3. The van der Waals surface area contributed by atoms with Crippen LogP contribution in [0.4, 0.5) is 0 Å². The third-order valence-corrected chi connectivity index (χ3v) is 4.90. The molecule has 3 unspecified atom stereocenters. The van der Waals surface area contributed by atoms with Gasteiger partial charge >= 0.3 is 0 Å². The summed E-state index contributed by atoms with van der Waals surface area (Å²) in [7, 11) is 0. The molecule has 1 fully saturated rings. The molecule has 104 valence electrons. The Morgan fingerprint density at radius 2 is 1.89 bits per heavy atom. The van der Waals surface area contributed by atoms with Crippen LogP contribution in [0.2, 0.25) is 0 Å². The van der Waals surface area contributed by atoms with E-state index in [1.54, 1.807) is 0 Å². The Bertz CT molecular complexity index is 454. The molecule has 0 saturated heterocycles. The van der Waals surface area contributed by atoms with Crippen molar-refractivity contribution in [2.75, 3.05) is 0 Å². The highest BCUT2D eigenvalue weighted by Gasteiger charge is 2.40. The van der Waals surface area contributed by atoms with Crippen molar-refractivity contribution in [1.29, 1.82) is 0 Å². The maximum Gasteiger partial charge on any atom is 0.0693 e. The zero-order valence-electron chi connectivity index (χ0n) is 12.0. The molecule has 2 heteroatoms. The Hall–Kier alpha value is -0.860. The molecule has 3 rings (SSSR count). The van der Waals surface area contributed by atoms with Gasteiger partial charge in [0.25, 0.3) is 0 Å². The number of rotatable bonds is 2. The van der Waals surface area contributed by atoms with Crippen molar-refractivity contribution in [3.63, 3.8) is 0 Å². The highest BCUT2D eigenvalue weighted by Crippen LogP contribution is 2.45. The molecule has 2 aliphatic carbocycles. The third kappa shape index (κ3) is 2.44. The summed E-state index contributed by atoms with van der Waals surface area (Å²) in [6, 6.07) is 9.40. The Balaban J connectivity index is 1.82. The molecule has 3 atom stereocenters. The summed E-state index contributed by atoms with van der Waals surface area (Å²) in [4.78, 5) is 0. The van der Waals surface area contributed by atoms with Gasteiger partial charge in [0, 0.05) is 12.1 Å². The van der Waals surface area contributed by atoms with Crippen LogP contribution < -0.4 is 5.32 Å². The van der Waals surface area contributed by atoms with E-state index in [4.69, 9.17) is 0 Å². The van der Waals surface area contributed by atoms with Crippen molar-refractivity contribution in [2.45, 2.75) is 64.1 Å². The smallest absolute Gasteiger partial charge is 0.0693 e. The number of aliphatic hydroxyl groups is 1. The first-order valence-electron chi connectivity index (χ1n) is 7.60. The van der Waals surface area contributed by atoms with Crippen LogP contribution in [0.15, 0.2) is 24.3 Å². The summed E-state index contributed by atoms with van der Waals surface area (Å²) < 4.78 is 0. The standard InChI is InChI=1S/C17H25NO/c1-17(2)11-12-7-3-4-8-13(12)16(17)18-14-9-5-6-10-15(14)19/h3-4,7-8,14-16,18-19H,5-6,9-11H2,1-2H3. The second-order valence-corrected chi connectivity index (χ2v) is 6.92. The van der Waals surface area contributed by atoms with E-state index in [1.807, 2.05) is 0 Å². The van der Waals surface area contributed by atoms with E-state index in [2.05, 4.69) is 43.4 Å². The van der Waals surface area contributed by atoms with Crippen molar-refractivity contribution < 1.29 is 5.11 Å². The van der Waals surface area contributed by atoms with Crippen molar-refractivity contribution in [1.82, 2.24) is 5.32 Å². The monoisotopic (exact) mass is 259 g/mol. The first-order chi connectivity index (χ1) is 9.08. The topological polar surface area (TPSA) is 32.3 Å². The van der Waals surface area contributed by atoms with Gasteiger partial charge < -0.3 is 10.4 Å². The molecule has 0 amide bonds. The lowest BCUT2D eigenvalue weighted by Gasteiger charge is -2.36. The van der Waals surface area contributed by atoms with Crippen LogP contribution in [-0.4, -0.2) is 17.3 Å². The van der Waals surface area contributed by atoms with E-state index in [0.29, 0.717) is 6.04 Å². The maximum absolute atomic E-state index is 10.2. The SMILES string of the molecule is CC1(C)Cc2ccccc2C1NC1CCCCC1O. The molecule has 0 heterocycles. The minimum atomic E-state index is -0.169. The minimum absolute atomic E-state index is 0.169. The molecule has 1 saturated carbocycles.